The molecule has 0 aromatic carbocycles. The lowest BCUT2D eigenvalue weighted by atomic mass is 9.44. The largest absolute Gasteiger partial charge is 0.373 e. The van der Waals surface area contributed by atoms with Crippen LogP contribution in [0.15, 0.2) is 0 Å². The number of halogens is 1. The number of fused-ring (bicyclic) bond motifs is 5. The molecule has 4 aliphatic carbocycles. The van der Waals surface area contributed by atoms with Gasteiger partial charge in [0, 0.05) is 25.0 Å². The van der Waals surface area contributed by atoms with Gasteiger partial charge in [-0.25, -0.2) is 0 Å². The summed E-state index contributed by atoms with van der Waals surface area (Å²) in [7, 11) is -3.54. The van der Waals surface area contributed by atoms with Gasteiger partial charge in [0.1, 0.15) is 0 Å². The summed E-state index contributed by atoms with van der Waals surface area (Å²) >= 11 is 6.03. The van der Waals surface area contributed by atoms with Gasteiger partial charge in [-0.1, -0.05) is 13.8 Å². The Morgan fingerprint density at radius 1 is 1.06 bits per heavy atom. The van der Waals surface area contributed by atoms with E-state index in [-0.39, 0.29) is 46.2 Å². The van der Waals surface area contributed by atoms with E-state index in [0.717, 1.165) is 58.0 Å². The highest BCUT2D eigenvalue weighted by Crippen LogP contribution is 2.68. The molecular weight excluding hydrogens is 498 g/mol. The second-order valence-electron chi connectivity index (χ2n) is 13.9. The number of morpholine rings is 1. The van der Waals surface area contributed by atoms with Crippen molar-refractivity contribution in [1.29, 1.82) is 0 Å². The molecule has 6 nitrogen and oxygen atoms in total. The van der Waals surface area contributed by atoms with E-state index in [1.807, 2.05) is 0 Å². The first-order valence-corrected chi connectivity index (χ1v) is 16.5. The van der Waals surface area contributed by atoms with E-state index in [2.05, 4.69) is 32.6 Å². The van der Waals surface area contributed by atoms with Gasteiger partial charge in [-0.05, 0) is 99.7 Å². The first-order chi connectivity index (χ1) is 16.8. The molecule has 0 bridgehead atoms. The van der Waals surface area contributed by atoms with Gasteiger partial charge in [0.2, 0.25) is 0 Å². The van der Waals surface area contributed by atoms with Crippen LogP contribution in [-0.2, 0) is 23.8 Å². The van der Waals surface area contributed by atoms with Crippen molar-refractivity contribution in [2.24, 2.45) is 40.4 Å². The maximum atomic E-state index is 12.7. The number of ether oxygens (including phenoxy) is 1. The van der Waals surface area contributed by atoms with Crippen molar-refractivity contribution in [1.82, 2.24) is 4.90 Å². The molecule has 206 valence electrons. The summed E-state index contributed by atoms with van der Waals surface area (Å²) < 4.78 is 36.4. The Kier molecular flexibility index (Phi) is 7.19. The quantitative estimate of drug-likeness (QED) is 0.363. The van der Waals surface area contributed by atoms with Gasteiger partial charge < -0.3 is 4.74 Å². The van der Waals surface area contributed by atoms with Crippen LogP contribution in [0.4, 0.5) is 0 Å². The van der Waals surface area contributed by atoms with Crippen molar-refractivity contribution in [3.8, 4) is 0 Å². The molecule has 0 spiro atoms. The van der Waals surface area contributed by atoms with E-state index >= 15 is 0 Å². The molecule has 0 unspecified atom stereocenters. The van der Waals surface area contributed by atoms with Crippen LogP contribution in [0, 0.1) is 40.4 Å². The molecule has 0 aromatic rings. The van der Waals surface area contributed by atoms with Crippen LogP contribution < -0.4 is 0 Å². The van der Waals surface area contributed by atoms with Crippen LogP contribution >= 0.6 is 11.6 Å². The summed E-state index contributed by atoms with van der Waals surface area (Å²) in [5.74, 6) is 2.84. The Bertz CT molecular complexity index is 971. The minimum Gasteiger partial charge on any atom is -0.373 e. The van der Waals surface area contributed by atoms with Gasteiger partial charge >= 0.3 is 0 Å². The minimum atomic E-state index is -3.54. The second kappa shape index (κ2) is 9.46. The molecule has 0 N–H and O–H groups in total. The molecule has 0 aromatic heterocycles. The van der Waals surface area contributed by atoms with E-state index in [1.165, 1.54) is 12.7 Å². The number of carbonyl (C=O) groups excluding carboxylic acids is 1. The molecule has 36 heavy (non-hydrogen) atoms. The molecule has 1 heterocycles. The van der Waals surface area contributed by atoms with Gasteiger partial charge in [0.05, 0.1) is 30.4 Å². The third kappa shape index (κ3) is 4.71. The third-order valence-electron chi connectivity index (χ3n) is 11.4. The van der Waals surface area contributed by atoms with Crippen LogP contribution in [0.1, 0.15) is 79.1 Å². The molecule has 1 saturated heterocycles. The zero-order chi connectivity index (χ0) is 26.1. The van der Waals surface area contributed by atoms with Crippen LogP contribution in [0.25, 0.3) is 0 Å². The third-order valence-corrected chi connectivity index (χ3v) is 12.3. The lowest BCUT2D eigenvalue weighted by Gasteiger charge is -2.63. The molecule has 5 aliphatic rings. The van der Waals surface area contributed by atoms with Crippen LogP contribution in [-0.4, -0.2) is 68.7 Å². The lowest BCUT2D eigenvalue weighted by molar-refractivity contribution is -0.165. The standard InChI is InChI=1S/C28H46ClNO5S/c1-26(2)17-30(12-13-34-26)23-15-28(4)18(14-25(23)35-36(5,32)33)6-7-19-20-8-9-22(24(31)16-29)27(20,3)11-10-21(19)28/h18-23,25H,6-17H2,1-5H3/t18-,19-,20-,21-,22+,23-,25-,27-,28-/m0/s1. The smallest absolute Gasteiger partial charge is 0.264 e. The number of hydrogen-bond donors (Lipinski definition) is 0. The number of hydrogen-bond acceptors (Lipinski definition) is 6. The molecule has 8 heteroatoms. The fourth-order valence-electron chi connectivity index (χ4n) is 9.91. The van der Waals surface area contributed by atoms with Gasteiger partial charge in [-0.15, -0.1) is 11.6 Å². The van der Waals surface area contributed by atoms with Crippen LogP contribution in [0.5, 0.6) is 0 Å². The highest BCUT2D eigenvalue weighted by molar-refractivity contribution is 7.86. The summed E-state index contributed by atoms with van der Waals surface area (Å²) in [4.78, 5) is 15.2. The molecule has 5 rings (SSSR count). The van der Waals surface area contributed by atoms with Gasteiger partial charge in [0.25, 0.3) is 10.1 Å². The maximum absolute atomic E-state index is 12.7. The highest BCUT2D eigenvalue weighted by Gasteiger charge is 2.62. The van der Waals surface area contributed by atoms with Gasteiger partial charge in [-0.2, -0.15) is 8.42 Å². The number of ketones is 1. The van der Waals surface area contributed by atoms with E-state index in [1.54, 1.807) is 0 Å². The predicted octanol–water partition coefficient (Wildman–Crippen LogP) is 4.89. The van der Waals surface area contributed by atoms with Crippen molar-refractivity contribution in [3.05, 3.63) is 0 Å². The first-order valence-electron chi connectivity index (χ1n) is 14.1. The lowest BCUT2D eigenvalue weighted by Crippen LogP contribution is -2.63. The van der Waals surface area contributed by atoms with E-state index in [0.29, 0.717) is 30.3 Å². The summed E-state index contributed by atoms with van der Waals surface area (Å²) in [6.07, 6.45) is 9.40. The zero-order valence-electron chi connectivity index (χ0n) is 22.8. The van der Waals surface area contributed by atoms with E-state index in [9.17, 15) is 13.2 Å². The fourth-order valence-corrected chi connectivity index (χ4v) is 10.8. The summed E-state index contributed by atoms with van der Waals surface area (Å²) in [6, 6.07) is 0.0744. The average molecular weight is 544 g/mol. The Hall–Kier alpha value is -0.210. The van der Waals surface area contributed by atoms with Crippen molar-refractivity contribution >= 4 is 27.5 Å². The topological polar surface area (TPSA) is 72.9 Å². The Labute approximate surface area is 223 Å². The SMILES string of the molecule is CC1(C)CN([C@H]2C[C@@]3(C)[C@@H](CC[C@@H]4[C@@H]3CC[C@]3(C)[C@@H](C(=O)CCl)CC[C@@H]43)C[C@@H]2OS(C)(=O)=O)CCO1. The van der Waals surface area contributed by atoms with Crippen molar-refractivity contribution in [2.45, 2.75) is 96.8 Å². The Balaban J connectivity index is 1.43. The number of Topliss-reactive ketones (excluding diaryl/α,β-unsaturated/α-hetero) is 1. The minimum absolute atomic E-state index is 0.0744. The average Bonchev–Trinajstić information content (AvgIpc) is 3.14. The van der Waals surface area contributed by atoms with Crippen molar-refractivity contribution in [3.63, 3.8) is 0 Å². The highest BCUT2D eigenvalue weighted by atomic mass is 35.5. The Morgan fingerprint density at radius 2 is 1.78 bits per heavy atom. The number of rotatable bonds is 5. The fraction of sp³-hybridized carbons (Fsp3) is 0.964. The first kappa shape index (κ1) is 27.4. The Morgan fingerprint density at radius 3 is 2.44 bits per heavy atom. The normalized spacial score (nSPS) is 47.0. The van der Waals surface area contributed by atoms with Crippen molar-refractivity contribution in [2.75, 3.05) is 31.8 Å². The zero-order valence-corrected chi connectivity index (χ0v) is 24.4. The summed E-state index contributed by atoms with van der Waals surface area (Å²) in [6.45, 7) is 11.4. The predicted molar refractivity (Wildman–Crippen MR) is 141 cm³/mol. The molecule has 1 aliphatic heterocycles. The summed E-state index contributed by atoms with van der Waals surface area (Å²) in [5.41, 5.74) is -0.00884. The molecule has 9 atom stereocenters. The van der Waals surface area contributed by atoms with Crippen LogP contribution in [0.2, 0.25) is 0 Å². The number of nitrogens with zero attached hydrogens (tertiary/aromatic N) is 1. The second-order valence-corrected chi connectivity index (χ2v) is 15.7. The van der Waals surface area contributed by atoms with E-state index in [4.69, 9.17) is 20.5 Å². The summed E-state index contributed by atoms with van der Waals surface area (Å²) in [5, 5.41) is 0. The molecule has 4 saturated carbocycles. The molecule has 0 radical (unpaired) electrons. The van der Waals surface area contributed by atoms with E-state index < -0.39 is 10.1 Å². The molecular formula is C28H46ClNO5S. The van der Waals surface area contributed by atoms with Gasteiger partial charge in [0.15, 0.2) is 5.78 Å². The maximum Gasteiger partial charge on any atom is 0.264 e. The molecule has 0 amide bonds. The monoisotopic (exact) mass is 543 g/mol. The van der Waals surface area contributed by atoms with Crippen molar-refractivity contribution < 1.29 is 22.1 Å². The number of alkyl halides is 1. The molecule has 5 fully saturated rings. The van der Waals surface area contributed by atoms with Gasteiger partial charge in [-0.3, -0.25) is 13.9 Å². The van der Waals surface area contributed by atoms with Crippen LogP contribution in [0.3, 0.4) is 0 Å². The number of carbonyl (C=O) groups is 1.